The summed E-state index contributed by atoms with van der Waals surface area (Å²) in [5, 5.41) is 0. The molecule has 1 aliphatic rings. The molecule has 0 saturated heterocycles. The molecular weight excluding hydrogens is 299 g/mol. The van der Waals surface area contributed by atoms with Crippen molar-refractivity contribution in [1.29, 1.82) is 0 Å². The maximum atomic E-state index is 11.6. The normalized spacial score (nSPS) is 16.3. The fourth-order valence-corrected chi connectivity index (χ4v) is 2.46. The van der Waals surface area contributed by atoms with Crippen LogP contribution >= 0.6 is 22.6 Å². The molecule has 0 spiro atoms. The van der Waals surface area contributed by atoms with Gasteiger partial charge in [0, 0.05) is 16.4 Å². The van der Waals surface area contributed by atoms with Gasteiger partial charge in [-0.3, -0.25) is 4.79 Å². The van der Waals surface area contributed by atoms with E-state index in [0.717, 1.165) is 31.3 Å². The largest absolute Gasteiger partial charge is 0.295 e. The van der Waals surface area contributed by atoms with Crippen molar-refractivity contribution in [2.75, 3.05) is 0 Å². The third-order valence-corrected chi connectivity index (χ3v) is 3.31. The number of rotatable bonds is 2. The van der Waals surface area contributed by atoms with Gasteiger partial charge in [0.1, 0.15) is 0 Å². The van der Waals surface area contributed by atoms with Crippen molar-refractivity contribution in [3.8, 4) is 0 Å². The number of hydrogen-bond donors (Lipinski definition) is 0. The van der Waals surface area contributed by atoms with Crippen molar-refractivity contribution in [2.45, 2.75) is 25.7 Å². The highest BCUT2D eigenvalue weighted by atomic mass is 127. The second-order valence-corrected chi connectivity index (χ2v) is 5.10. The topological polar surface area (TPSA) is 17.1 Å². The van der Waals surface area contributed by atoms with E-state index in [0.29, 0.717) is 5.78 Å². The molecule has 1 aromatic carbocycles. The Bertz CT molecular complexity index is 407. The molecule has 1 aliphatic carbocycles. The van der Waals surface area contributed by atoms with Crippen molar-refractivity contribution < 1.29 is 4.79 Å². The summed E-state index contributed by atoms with van der Waals surface area (Å²) >= 11 is 2.30. The molecule has 1 aromatic rings. The van der Waals surface area contributed by atoms with Gasteiger partial charge in [-0.25, -0.2) is 0 Å². The van der Waals surface area contributed by atoms with Crippen LogP contribution < -0.4 is 0 Å². The molecule has 1 nitrogen and oxygen atoms in total. The molecule has 0 saturated carbocycles. The first kappa shape index (κ1) is 10.9. The van der Waals surface area contributed by atoms with Crippen LogP contribution in [0.5, 0.6) is 0 Å². The summed E-state index contributed by atoms with van der Waals surface area (Å²) in [5.74, 6) is 0.333. The molecule has 0 fully saturated rings. The fraction of sp³-hybridized carbons (Fsp3) is 0.308. The quantitative estimate of drug-likeness (QED) is 0.764. The predicted octanol–water partition coefficient (Wildman–Crippen LogP) is 3.51. The van der Waals surface area contributed by atoms with Crippen molar-refractivity contribution in [1.82, 2.24) is 0 Å². The summed E-state index contributed by atoms with van der Waals surface area (Å²) in [5.41, 5.74) is 2.24. The summed E-state index contributed by atoms with van der Waals surface area (Å²) in [7, 11) is 0. The summed E-state index contributed by atoms with van der Waals surface area (Å²) in [6.07, 6.45) is 5.72. The average Bonchev–Trinajstić information content (AvgIpc) is 2.22. The first-order valence-electron chi connectivity index (χ1n) is 5.22. The number of allylic oxidation sites excluding steroid dienone is 2. The first-order valence-corrected chi connectivity index (χ1v) is 6.30. The third kappa shape index (κ3) is 2.91. The van der Waals surface area contributed by atoms with E-state index in [1.807, 2.05) is 6.07 Å². The van der Waals surface area contributed by atoms with Crippen molar-refractivity contribution in [3.63, 3.8) is 0 Å². The molecule has 0 unspecified atom stereocenters. The summed E-state index contributed by atoms with van der Waals surface area (Å²) < 4.78 is 1.23. The maximum absolute atomic E-state index is 11.6. The van der Waals surface area contributed by atoms with E-state index < -0.39 is 0 Å². The van der Waals surface area contributed by atoms with Crippen LogP contribution in [0.4, 0.5) is 0 Å². The molecule has 2 heteroatoms. The minimum absolute atomic E-state index is 0.333. The van der Waals surface area contributed by atoms with Gasteiger partial charge in [0.25, 0.3) is 0 Å². The van der Waals surface area contributed by atoms with Gasteiger partial charge >= 0.3 is 0 Å². The number of Topliss-reactive ketones (excluding diaryl/α,β-unsaturated/α-hetero) is 1. The summed E-state index contributed by atoms with van der Waals surface area (Å²) in [4.78, 5) is 11.6. The molecule has 2 rings (SSSR count). The highest BCUT2D eigenvalue weighted by molar-refractivity contribution is 14.1. The van der Waals surface area contributed by atoms with Gasteiger partial charge in [0.05, 0.1) is 0 Å². The predicted molar refractivity (Wildman–Crippen MR) is 69.8 cm³/mol. The molecule has 15 heavy (non-hydrogen) atoms. The Labute approximate surface area is 104 Å². The standard InChI is InChI=1S/C13H13IO/c14-12-6-3-4-10(9-12)8-11-5-1-2-7-13(11)15/h3-6,9H,1-2,7-8H2. The molecule has 0 N–H and O–H groups in total. The number of halogens is 1. The van der Waals surface area contributed by atoms with E-state index in [2.05, 4.69) is 46.9 Å². The maximum Gasteiger partial charge on any atom is 0.158 e. The van der Waals surface area contributed by atoms with Crippen molar-refractivity contribution >= 4 is 28.4 Å². The number of carbonyl (C=O) groups excluding carboxylic acids is 1. The van der Waals surface area contributed by atoms with Crippen LogP contribution in [0.2, 0.25) is 0 Å². The van der Waals surface area contributed by atoms with Crippen LogP contribution in [0.25, 0.3) is 0 Å². The zero-order valence-corrected chi connectivity index (χ0v) is 10.7. The molecule has 0 radical (unpaired) electrons. The summed E-state index contributed by atoms with van der Waals surface area (Å²) in [6.45, 7) is 0. The van der Waals surface area contributed by atoms with Gasteiger partial charge in [-0.1, -0.05) is 18.2 Å². The van der Waals surface area contributed by atoms with Crippen LogP contribution in [-0.4, -0.2) is 5.78 Å². The lowest BCUT2D eigenvalue weighted by Gasteiger charge is -2.11. The minimum atomic E-state index is 0.333. The molecule has 0 aromatic heterocycles. The van der Waals surface area contributed by atoms with Gasteiger partial charge in [-0.15, -0.1) is 0 Å². The van der Waals surface area contributed by atoms with E-state index in [9.17, 15) is 4.79 Å². The molecular formula is C13H13IO. The highest BCUT2D eigenvalue weighted by Gasteiger charge is 2.13. The fourth-order valence-electron chi connectivity index (χ4n) is 1.85. The monoisotopic (exact) mass is 312 g/mol. The lowest BCUT2D eigenvalue weighted by atomic mass is 9.93. The Kier molecular flexibility index (Phi) is 3.57. The van der Waals surface area contributed by atoms with Gasteiger partial charge in [-0.2, -0.15) is 0 Å². The number of ketones is 1. The average molecular weight is 312 g/mol. The van der Waals surface area contributed by atoms with Gasteiger partial charge in [-0.05, 0) is 58.7 Å². The highest BCUT2D eigenvalue weighted by Crippen LogP contribution is 2.19. The zero-order valence-electron chi connectivity index (χ0n) is 8.50. The van der Waals surface area contributed by atoms with Gasteiger partial charge in [0.15, 0.2) is 5.78 Å². The van der Waals surface area contributed by atoms with Crippen LogP contribution in [0.1, 0.15) is 24.8 Å². The molecule has 0 atom stereocenters. The Morgan fingerprint density at radius 2 is 2.20 bits per heavy atom. The minimum Gasteiger partial charge on any atom is -0.295 e. The Hall–Kier alpha value is -0.640. The van der Waals surface area contributed by atoms with Crippen LogP contribution in [-0.2, 0) is 11.2 Å². The van der Waals surface area contributed by atoms with Crippen LogP contribution in [0.3, 0.4) is 0 Å². The lowest BCUT2D eigenvalue weighted by Crippen LogP contribution is -2.09. The molecule has 0 bridgehead atoms. The van der Waals surface area contributed by atoms with Gasteiger partial charge < -0.3 is 0 Å². The Balaban J connectivity index is 2.14. The number of hydrogen-bond acceptors (Lipinski definition) is 1. The SMILES string of the molecule is O=C1CCCC=C1Cc1cccc(I)c1. The summed E-state index contributed by atoms with van der Waals surface area (Å²) in [6, 6.07) is 8.35. The van der Waals surface area contributed by atoms with E-state index in [-0.39, 0.29) is 0 Å². The van der Waals surface area contributed by atoms with Crippen LogP contribution in [0, 0.1) is 3.57 Å². The molecule has 78 valence electrons. The second kappa shape index (κ2) is 4.92. The van der Waals surface area contributed by atoms with Gasteiger partial charge in [0.2, 0.25) is 0 Å². The smallest absolute Gasteiger partial charge is 0.158 e. The van der Waals surface area contributed by atoms with Crippen LogP contribution in [0.15, 0.2) is 35.9 Å². The molecule has 0 amide bonds. The van der Waals surface area contributed by atoms with Crippen molar-refractivity contribution in [2.24, 2.45) is 0 Å². The number of carbonyl (C=O) groups is 1. The Morgan fingerprint density at radius 3 is 2.93 bits per heavy atom. The van der Waals surface area contributed by atoms with E-state index in [4.69, 9.17) is 0 Å². The van der Waals surface area contributed by atoms with E-state index in [1.165, 1.54) is 9.13 Å². The van der Waals surface area contributed by atoms with Crippen molar-refractivity contribution in [3.05, 3.63) is 45.0 Å². The Morgan fingerprint density at radius 1 is 1.33 bits per heavy atom. The third-order valence-electron chi connectivity index (χ3n) is 2.64. The van der Waals surface area contributed by atoms with E-state index in [1.54, 1.807) is 0 Å². The number of benzene rings is 1. The lowest BCUT2D eigenvalue weighted by molar-refractivity contribution is -0.116. The van der Waals surface area contributed by atoms with E-state index >= 15 is 0 Å². The molecule has 0 aliphatic heterocycles. The molecule has 0 heterocycles. The zero-order chi connectivity index (χ0) is 10.7. The first-order chi connectivity index (χ1) is 7.25. The second-order valence-electron chi connectivity index (χ2n) is 3.85.